The van der Waals surface area contributed by atoms with E-state index in [1.54, 1.807) is 0 Å². The number of hydrogen-bond donors (Lipinski definition) is 0. The Bertz CT molecular complexity index is 801. The Labute approximate surface area is 128 Å². The summed E-state index contributed by atoms with van der Waals surface area (Å²) in [5.74, 6) is 1.79. The summed E-state index contributed by atoms with van der Waals surface area (Å²) in [5.41, 5.74) is -1.67. The number of halogens is 3. The molecule has 2 saturated carbocycles. The monoisotopic (exact) mass is 325 g/mol. The lowest BCUT2D eigenvalue weighted by Gasteiger charge is -2.11. The minimum Gasteiger partial charge on any atom is -0.310 e. The van der Waals surface area contributed by atoms with Gasteiger partial charge in [0.25, 0.3) is 5.56 Å². The summed E-state index contributed by atoms with van der Waals surface area (Å²) >= 11 is 0. The third kappa shape index (κ3) is 2.75. The highest BCUT2D eigenvalue weighted by Gasteiger charge is 2.37. The maximum atomic E-state index is 12.8. The van der Waals surface area contributed by atoms with E-state index in [1.807, 2.05) is 4.57 Å². The van der Waals surface area contributed by atoms with E-state index in [-0.39, 0.29) is 6.54 Å². The zero-order chi connectivity index (χ0) is 16.2. The Morgan fingerprint density at radius 1 is 1.13 bits per heavy atom. The molecule has 0 bridgehead atoms. The Kier molecular flexibility index (Phi) is 3.07. The number of alkyl halides is 3. The van der Waals surface area contributed by atoms with Crippen molar-refractivity contribution in [2.24, 2.45) is 0 Å². The van der Waals surface area contributed by atoms with E-state index < -0.39 is 17.4 Å². The summed E-state index contributed by atoms with van der Waals surface area (Å²) in [5, 5.41) is 11.7. The van der Waals surface area contributed by atoms with Crippen LogP contribution in [0.15, 0.2) is 16.9 Å². The molecule has 2 aromatic rings. The third-order valence-electron chi connectivity index (χ3n) is 4.10. The predicted octanol–water partition coefficient (Wildman–Crippen LogP) is 2.11. The van der Waals surface area contributed by atoms with Crippen molar-refractivity contribution in [3.8, 4) is 0 Å². The van der Waals surface area contributed by atoms with Crippen molar-refractivity contribution >= 4 is 0 Å². The number of rotatable bonds is 4. The lowest BCUT2D eigenvalue weighted by atomic mass is 10.3. The molecule has 23 heavy (non-hydrogen) atoms. The summed E-state index contributed by atoms with van der Waals surface area (Å²) in [6, 6.07) is 1.88. The Morgan fingerprint density at radius 3 is 2.48 bits per heavy atom. The maximum absolute atomic E-state index is 12.8. The average molecular weight is 325 g/mol. The fourth-order valence-electron chi connectivity index (χ4n) is 2.64. The third-order valence-corrected chi connectivity index (χ3v) is 4.10. The first kappa shape index (κ1) is 14.4. The predicted molar refractivity (Wildman–Crippen MR) is 72.9 cm³/mol. The van der Waals surface area contributed by atoms with Gasteiger partial charge in [-0.2, -0.15) is 18.3 Å². The fourth-order valence-corrected chi connectivity index (χ4v) is 2.64. The maximum Gasteiger partial charge on any atom is 0.435 e. The van der Waals surface area contributed by atoms with Crippen molar-refractivity contribution in [3.05, 3.63) is 39.8 Å². The molecule has 6 nitrogen and oxygen atoms in total. The molecule has 2 aliphatic rings. The van der Waals surface area contributed by atoms with Crippen LogP contribution in [0.5, 0.6) is 0 Å². The molecule has 0 saturated heterocycles. The molecule has 0 unspecified atom stereocenters. The van der Waals surface area contributed by atoms with Crippen LogP contribution in [-0.2, 0) is 12.7 Å². The van der Waals surface area contributed by atoms with E-state index in [1.165, 1.54) is 0 Å². The molecule has 0 atom stereocenters. The van der Waals surface area contributed by atoms with Gasteiger partial charge in [0, 0.05) is 18.0 Å². The molecule has 4 rings (SSSR count). The Hall–Kier alpha value is -2.19. The first-order valence-corrected chi connectivity index (χ1v) is 7.52. The number of nitrogens with zero attached hydrogens (tertiary/aromatic N) is 5. The highest BCUT2D eigenvalue weighted by atomic mass is 19.4. The highest BCUT2D eigenvalue weighted by molar-refractivity contribution is 5.12. The molecule has 9 heteroatoms. The minimum atomic E-state index is -4.58. The molecule has 0 amide bonds. The van der Waals surface area contributed by atoms with Gasteiger partial charge in [-0.1, -0.05) is 0 Å². The van der Waals surface area contributed by atoms with Crippen LogP contribution in [-0.4, -0.2) is 24.5 Å². The molecule has 0 aliphatic heterocycles. The molecule has 2 fully saturated rings. The Balaban J connectivity index is 1.70. The molecule has 2 heterocycles. The van der Waals surface area contributed by atoms with Gasteiger partial charge in [-0.25, -0.2) is 4.68 Å². The van der Waals surface area contributed by atoms with E-state index in [9.17, 15) is 18.0 Å². The molecular formula is C14H14F3N5O. The van der Waals surface area contributed by atoms with Crippen molar-refractivity contribution in [2.45, 2.75) is 50.4 Å². The molecule has 2 aliphatic carbocycles. The van der Waals surface area contributed by atoms with Gasteiger partial charge in [0.15, 0.2) is 11.5 Å². The summed E-state index contributed by atoms with van der Waals surface area (Å²) in [6.45, 7) is -0.0982. The summed E-state index contributed by atoms with van der Waals surface area (Å²) in [7, 11) is 0. The van der Waals surface area contributed by atoms with Crippen LogP contribution in [0.1, 0.15) is 55.0 Å². The van der Waals surface area contributed by atoms with Crippen molar-refractivity contribution in [1.29, 1.82) is 0 Å². The van der Waals surface area contributed by atoms with Crippen LogP contribution >= 0.6 is 0 Å². The van der Waals surface area contributed by atoms with Gasteiger partial charge in [-0.15, -0.1) is 10.2 Å². The molecule has 0 aromatic carbocycles. The van der Waals surface area contributed by atoms with Gasteiger partial charge >= 0.3 is 6.18 Å². The quantitative estimate of drug-likeness (QED) is 0.863. The molecular weight excluding hydrogens is 311 g/mol. The second-order valence-electron chi connectivity index (χ2n) is 6.06. The summed E-state index contributed by atoms with van der Waals surface area (Å²) in [4.78, 5) is 11.8. The standard InChI is InChI=1S/C14H14F3N5O/c15-14(16,17)10-5-6-12(23)21(20-10)7-11-18-19-13(8-1-2-8)22(11)9-3-4-9/h5-6,8-9H,1-4,7H2. The second kappa shape index (κ2) is 4.90. The normalized spacial score (nSPS) is 18.4. The van der Waals surface area contributed by atoms with Crippen molar-refractivity contribution in [2.75, 3.05) is 0 Å². The van der Waals surface area contributed by atoms with Crippen LogP contribution in [0.4, 0.5) is 13.2 Å². The highest BCUT2D eigenvalue weighted by Crippen LogP contribution is 2.44. The van der Waals surface area contributed by atoms with Gasteiger partial charge in [0.05, 0.1) is 0 Å². The van der Waals surface area contributed by atoms with Crippen molar-refractivity contribution < 1.29 is 13.2 Å². The van der Waals surface area contributed by atoms with Gasteiger partial charge in [-0.05, 0) is 31.7 Å². The van der Waals surface area contributed by atoms with E-state index >= 15 is 0 Å². The first-order valence-electron chi connectivity index (χ1n) is 7.52. The van der Waals surface area contributed by atoms with Crippen LogP contribution in [0.25, 0.3) is 0 Å². The van der Waals surface area contributed by atoms with Crippen molar-refractivity contribution in [1.82, 2.24) is 24.5 Å². The van der Waals surface area contributed by atoms with Crippen LogP contribution in [0.2, 0.25) is 0 Å². The van der Waals surface area contributed by atoms with Crippen molar-refractivity contribution in [3.63, 3.8) is 0 Å². The van der Waals surface area contributed by atoms with E-state index in [4.69, 9.17) is 0 Å². The SMILES string of the molecule is O=c1ccc(C(F)(F)F)nn1Cc1nnc(C2CC2)n1C1CC1. The van der Waals surface area contributed by atoms with Crippen LogP contribution in [0.3, 0.4) is 0 Å². The van der Waals surface area contributed by atoms with Crippen LogP contribution in [0, 0.1) is 0 Å². The zero-order valence-corrected chi connectivity index (χ0v) is 12.1. The largest absolute Gasteiger partial charge is 0.435 e. The number of aromatic nitrogens is 5. The molecule has 122 valence electrons. The van der Waals surface area contributed by atoms with Gasteiger partial charge < -0.3 is 4.57 Å². The lowest BCUT2D eigenvalue weighted by Crippen LogP contribution is -2.27. The first-order chi connectivity index (χ1) is 10.9. The summed E-state index contributed by atoms with van der Waals surface area (Å²) in [6.07, 6.45) is -0.441. The van der Waals surface area contributed by atoms with E-state index in [0.717, 1.165) is 42.3 Å². The Morgan fingerprint density at radius 2 is 1.87 bits per heavy atom. The van der Waals surface area contributed by atoms with Crippen LogP contribution < -0.4 is 5.56 Å². The molecule has 0 radical (unpaired) electrons. The minimum absolute atomic E-state index is 0.0982. The van der Waals surface area contributed by atoms with Gasteiger partial charge in [0.1, 0.15) is 12.4 Å². The average Bonchev–Trinajstić information content (AvgIpc) is 3.39. The molecule has 2 aromatic heterocycles. The van der Waals surface area contributed by atoms with Gasteiger partial charge in [0.2, 0.25) is 0 Å². The lowest BCUT2D eigenvalue weighted by molar-refractivity contribution is -0.142. The van der Waals surface area contributed by atoms with E-state index in [0.29, 0.717) is 23.9 Å². The topological polar surface area (TPSA) is 65.6 Å². The summed E-state index contributed by atoms with van der Waals surface area (Å²) < 4.78 is 41.1. The second-order valence-corrected chi connectivity index (χ2v) is 6.06. The van der Waals surface area contributed by atoms with E-state index in [2.05, 4.69) is 15.3 Å². The van der Waals surface area contributed by atoms with Gasteiger partial charge in [-0.3, -0.25) is 4.79 Å². The number of hydrogen-bond acceptors (Lipinski definition) is 4. The fraction of sp³-hybridized carbons (Fsp3) is 0.571. The zero-order valence-electron chi connectivity index (χ0n) is 12.1. The molecule has 0 N–H and O–H groups in total. The molecule has 0 spiro atoms. The smallest absolute Gasteiger partial charge is 0.310 e.